The van der Waals surface area contributed by atoms with Crippen LogP contribution in [0, 0.1) is 0 Å². The monoisotopic (exact) mass is 303 g/mol. The van der Waals surface area contributed by atoms with Crippen LogP contribution in [0.1, 0.15) is 26.7 Å². The van der Waals surface area contributed by atoms with Gasteiger partial charge in [-0.25, -0.2) is 4.68 Å². The molecule has 1 heterocycles. The van der Waals surface area contributed by atoms with Crippen LogP contribution < -0.4 is 10.9 Å². The Labute approximate surface area is 109 Å². The van der Waals surface area contributed by atoms with Crippen molar-refractivity contribution in [1.82, 2.24) is 9.78 Å². The van der Waals surface area contributed by atoms with E-state index in [1.165, 1.54) is 4.68 Å². The van der Waals surface area contributed by atoms with Crippen molar-refractivity contribution in [2.75, 3.05) is 11.9 Å². The van der Waals surface area contributed by atoms with Crippen LogP contribution >= 0.6 is 15.9 Å². The SMILES string of the molecule is CCCCn1ncc(NCC(C)O)c(Br)c1=O. The molecule has 0 radical (unpaired) electrons. The first-order chi connectivity index (χ1) is 8.06. The van der Waals surface area contributed by atoms with E-state index >= 15 is 0 Å². The maximum absolute atomic E-state index is 11.9. The standard InChI is InChI=1S/C11H18BrN3O2/c1-3-4-5-15-11(17)10(12)9(7-14-15)13-6-8(2)16/h7-8,13,16H,3-6H2,1-2H3. The van der Waals surface area contributed by atoms with E-state index in [-0.39, 0.29) is 5.56 Å². The van der Waals surface area contributed by atoms with Gasteiger partial charge in [0.25, 0.3) is 5.56 Å². The van der Waals surface area contributed by atoms with Crippen molar-refractivity contribution in [2.45, 2.75) is 39.3 Å². The Bertz CT molecular complexity index is 418. The molecule has 1 unspecified atom stereocenters. The maximum atomic E-state index is 11.9. The molecule has 2 N–H and O–H groups in total. The Morgan fingerprint density at radius 3 is 2.94 bits per heavy atom. The van der Waals surface area contributed by atoms with Gasteiger partial charge in [0.2, 0.25) is 0 Å². The molecule has 0 saturated carbocycles. The second-order valence-electron chi connectivity index (χ2n) is 3.98. The highest BCUT2D eigenvalue weighted by atomic mass is 79.9. The highest BCUT2D eigenvalue weighted by molar-refractivity contribution is 9.10. The van der Waals surface area contributed by atoms with Gasteiger partial charge < -0.3 is 10.4 Å². The van der Waals surface area contributed by atoms with Crippen LogP contribution in [0.15, 0.2) is 15.5 Å². The first kappa shape index (κ1) is 14.2. The summed E-state index contributed by atoms with van der Waals surface area (Å²) in [5, 5.41) is 16.2. The van der Waals surface area contributed by atoms with Crippen LogP contribution in [-0.2, 0) is 6.54 Å². The lowest BCUT2D eigenvalue weighted by atomic mass is 10.3. The van der Waals surface area contributed by atoms with Gasteiger partial charge in [-0.1, -0.05) is 13.3 Å². The molecule has 0 aliphatic heterocycles. The van der Waals surface area contributed by atoms with Gasteiger partial charge in [-0.2, -0.15) is 5.10 Å². The molecule has 96 valence electrons. The van der Waals surface area contributed by atoms with Crippen LogP contribution in [0.2, 0.25) is 0 Å². The zero-order chi connectivity index (χ0) is 12.8. The summed E-state index contributed by atoms with van der Waals surface area (Å²) < 4.78 is 1.91. The number of aliphatic hydroxyl groups is 1. The third-order valence-corrected chi connectivity index (χ3v) is 3.06. The zero-order valence-electron chi connectivity index (χ0n) is 10.1. The van der Waals surface area contributed by atoms with Crippen molar-refractivity contribution < 1.29 is 5.11 Å². The molecule has 0 aliphatic carbocycles. The minimum absolute atomic E-state index is 0.144. The number of hydrogen-bond acceptors (Lipinski definition) is 4. The number of aryl methyl sites for hydroxylation is 1. The molecule has 0 aliphatic rings. The number of aromatic nitrogens is 2. The predicted octanol–water partition coefficient (Wildman–Crippen LogP) is 1.60. The van der Waals surface area contributed by atoms with Gasteiger partial charge in [0.1, 0.15) is 4.47 Å². The van der Waals surface area contributed by atoms with Crippen molar-refractivity contribution in [3.63, 3.8) is 0 Å². The van der Waals surface area contributed by atoms with Crippen LogP contribution in [0.5, 0.6) is 0 Å². The van der Waals surface area contributed by atoms with Crippen LogP contribution in [0.3, 0.4) is 0 Å². The zero-order valence-corrected chi connectivity index (χ0v) is 11.7. The third kappa shape index (κ3) is 4.12. The molecule has 1 aromatic rings. The van der Waals surface area contributed by atoms with Gasteiger partial charge >= 0.3 is 0 Å². The van der Waals surface area contributed by atoms with E-state index in [1.807, 2.05) is 0 Å². The van der Waals surface area contributed by atoms with Gasteiger partial charge in [0.05, 0.1) is 18.0 Å². The molecule has 0 amide bonds. The molecule has 0 saturated heterocycles. The molecular weight excluding hydrogens is 286 g/mol. The average Bonchev–Trinajstić information content (AvgIpc) is 2.29. The predicted molar refractivity (Wildman–Crippen MR) is 71.3 cm³/mol. The minimum atomic E-state index is -0.468. The second kappa shape index (κ2) is 6.76. The fraction of sp³-hybridized carbons (Fsp3) is 0.636. The largest absolute Gasteiger partial charge is 0.392 e. The summed E-state index contributed by atoms with van der Waals surface area (Å²) in [6.45, 7) is 4.76. The van der Waals surface area contributed by atoms with E-state index in [4.69, 9.17) is 5.11 Å². The number of anilines is 1. The van der Waals surface area contributed by atoms with E-state index in [0.29, 0.717) is 23.2 Å². The fourth-order valence-electron chi connectivity index (χ4n) is 1.31. The number of hydrogen-bond donors (Lipinski definition) is 2. The van der Waals surface area contributed by atoms with Gasteiger partial charge in [0.15, 0.2) is 0 Å². The van der Waals surface area contributed by atoms with Crippen LogP contribution in [0.25, 0.3) is 0 Å². The molecule has 6 heteroatoms. The number of unbranched alkanes of at least 4 members (excludes halogenated alkanes) is 1. The minimum Gasteiger partial charge on any atom is -0.392 e. The average molecular weight is 304 g/mol. The lowest BCUT2D eigenvalue weighted by Crippen LogP contribution is -2.25. The summed E-state index contributed by atoms with van der Waals surface area (Å²) in [5.41, 5.74) is 0.470. The Morgan fingerprint density at radius 1 is 1.65 bits per heavy atom. The Kier molecular flexibility index (Phi) is 5.64. The van der Waals surface area contributed by atoms with Crippen molar-refractivity contribution in [2.24, 2.45) is 0 Å². The van der Waals surface area contributed by atoms with E-state index in [9.17, 15) is 4.79 Å². The molecule has 1 aromatic heterocycles. The number of nitrogens with zero attached hydrogens (tertiary/aromatic N) is 2. The molecule has 1 rings (SSSR count). The van der Waals surface area contributed by atoms with Gasteiger partial charge in [0, 0.05) is 13.1 Å². The van der Waals surface area contributed by atoms with Crippen molar-refractivity contribution in [3.8, 4) is 0 Å². The molecule has 17 heavy (non-hydrogen) atoms. The quantitative estimate of drug-likeness (QED) is 0.838. The highest BCUT2D eigenvalue weighted by Gasteiger charge is 2.08. The summed E-state index contributed by atoms with van der Waals surface area (Å²) in [6, 6.07) is 0. The number of nitrogens with one attached hydrogen (secondary N) is 1. The Morgan fingerprint density at radius 2 is 2.35 bits per heavy atom. The van der Waals surface area contributed by atoms with Crippen LogP contribution in [-0.4, -0.2) is 27.5 Å². The molecular formula is C11H18BrN3O2. The number of rotatable bonds is 6. The number of halogens is 1. The van der Waals surface area contributed by atoms with E-state index in [1.54, 1.807) is 13.1 Å². The van der Waals surface area contributed by atoms with Crippen LogP contribution in [0.4, 0.5) is 5.69 Å². The normalized spacial score (nSPS) is 12.5. The maximum Gasteiger partial charge on any atom is 0.283 e. The summed E-state index contributed by atoms with van der Waals surface area (Å²) >= 11 is 3.26. The summed E-state index contributed by atoms with van der Waals surface area (Å²) in [7, 11) is 0. The van der Waals surface area contributed by atoms with Gasteiger partial charge in [-0.05, 0) is 29.3 Å². The first-order valence-electron chi connectivity index (χ1n) is 5.73. The Hall–Kier alpha value is -0.880. The van der Waals surface area contributed by atoms with E-state index in [0.717, 1.165) is 12.8 Å². The number of aliphatic hydroxyl groups excluding tert-OH is 1. The molecule has 0 bridgehead atoms. The Balaban J connectivity index is 2.83. The first-order valence-corrected chi connectivity index (χ1v) is 6.53. The van der Waals surface area contributed by atoms with E-state index in [2.05, 4.69) is 33.3 Å². The summed E-state index contributed by atoms with van der Waals surface area (Å²) in [6.07, 6.45) is 3.08. The highest BCUT2D eigenvalue weighted by Crippen LogP contribution is 2.15. The molecule has 0 fully saturated rings. The smallest absolute Gasteiger partial charge is 0.283 e. The van der Waals surface area contributed by atoms with Crippen molar-refractivity contribution >= 4 is 21.6 Å². The molecule has 1 atom stereocenters. The second-order valence-corrected chi connectivity index (χ2v) is 4.78. The lowest BCUT2D eigenvalue weighted by molar-refractivity contribution is 0.208. The third-order valence-electron chi connectivity index (χ3n) is 2.30. The van der Waals surface area contributed by atoms with E-state index < -0.39 is 6.10 Å². The molecule has 0 aromatic carbocycles. The van der Waals surface area contributed by atoms with Crippen molar-refractivity contribution in [3.05, 3.63) is 21.0 Å². The molecule has 5 nitrogen and oxygen atoms in total. The van der Waals surface area contributed by atoms with Crippen molar-refractivity contribution in [1.29, 1.82) is 0 Å². The van der Waals surface area contributed by atoms with Gasteiger partial charge in [-0.15, -0.1) is 0 Å². The fourth-order valence-corrected chi connectivity index (χ4v) is 1.76. The molecule has 0 spiro atoms. The lowest BCUT2D eigenvalue weighted by Gasteiger charge is -2.11. The topological polar surface area (TPSA) is 67.2 Å². The summed E-state index contributed by atoms with van der Waals surface area (Å²) in [5.74, 6) is 0. The summed E-state index contributed by atoms with van der Waals surface area (Å²) in [4.78, 5) is 11.9. The van der Waals surface area contributed by atoms with Gasteiger partial charge in [-0.3, -0.25) is 4.79 Å².